The summed E-state index contributed by atoms with van der Waals surface area (Å²) in [5.41, 5.74) is -1.09. The summed E-state index contributed by atoms with van der Waals surface area (Å²) in [5, 5.41) is 0. The summed E-state index contributed by atoms with van der Waals surface area (Å²) in [6.45, 7) is 5.79. The van der Waals surface area contributed by atoms with Gasteiger partial charge in [-0.2, -0.15) is 0 Å². The van der Waals surface area contributed by atoms with E-state index in [1.54, 1.807) is 11.8 Å². The van der Waals surface area contributed by atoms with E-state index < -0.39 is 36.9 Å². The van der Waals surface area contributed by atoms with Gasteiger partial charge in [0, 0.05) is 0 Å². The predicted octanol–water partition coefficient (Wildman–Crippen LogP) is 0.633. The van der Waals surface area contributed by atoms with Gasteiger partial charge in [0.15, 0.2) is 0 Å². The molecule has 0 radical (unpaired) electrons. The zero-order valence-electron chi connectivity index (χ0n) is 18.3. The topological polar surface area (TPSA) is 61.7 Å². The van der Waals surface area contributed by atoms with Crippen molar-refractivity contribution >= 4 is 5.95 Å². The zero-order valence-corrected chi connectivity index (χ0v) is 20.4. The van der Waals surface area contributed by atoms with Gasteiger partial charge in [-0.1, -0.05) is 0 Å². The number of nitrogens with zero attached hydrogens (tertiary/aromatic N) is 4. The Morgan fingerprint density at radius 1 is 1.22 bits per heavy atom. The third kappa shape index (κ3) is 7.27. The molecule has 0 aromatic carbocycles. The fourth-order valence-corrected chi connectivity index (χ4v) is 10.2. The number of halogens is 5. The standard InChI is InChI=1S/C21H30F4IN4O2/c1-16(22)6-5-7-17(2)32-19-14-18(21(23,24)25)27-20(28-19)30-12-8-26(31,9-13-30)15-29-10-3-4-11-29/h5-7,14,16,31H,3-4,8-13,15H2,1-2H3/q-1/b6-5-,17-7+. The van der Waals surface area contributed by atoms with Crippen molar-refractivity contribution in [3.63, 3.8) is 0 Å². The monoisotopic (exact) mass is 573 g/mol. The number of hydrogen-bond acceptors (Lipinski definition) is 6. The average molecular weight is 573 g/mol. The van der Waals surface area contributed by atoms with E-state index >= 15 is 0 Å². The normalized spacial score (nSPS) is 22.3. The number of ether oxygens (including phenoxy) is 1. The van der Waals surface area contributed by atoms with Crippen molar-refractivity contribution in [1.82, 2.24) is 14.9 Å². The predicted molar refractivity (Wildman–Crippen MR) is 111 cm³/mol. The Hall–Kier alpha value is -1.47. The van der Waals surface area contributed by atoms with Gasteiger partial charge in [-0.15, -0.1) is 0 Å². The molecule has 2 saturated heterocycles. The molecule has 1 aromatic heterocycles. The van der Waals surface area contributed by atoms with Gasteiger partial charge in [0.05, 0.1) is 0 Å². The molecule has 182 valence electrons. The molecule has 2 fully saturated rings. The van der Waals surface area contributed by atoms with Crippen LogP contribution in [0.3, 0.4) is 0 Å². The Bertz CT molecular complexity index is 834. The average Bonchev–Trinajstić information content (AvgIpc) is 3.19. The second-order valence-electron chi connectivity index (χ2n) is 8.07. The molecule has 0 bridgehead atoms. The van der Waals surface area contributed by atoms with Crippen LogP contribution < -0.4 is 28.5 Å². The molecule has 1 atom stereocenters. The molecule has 0 saturated carbocycles. The molecule has 11 heteroatoms. The Labute approximate surface area is 190 Å². The SMILES string of the molecule is C/C(=C\C=C/C(C)F)Oc1cc(C(F)(F)F)nc(N2CC[I-](O)(CN3CCCC3)CC2)n1. The van der Waals surface area contributed by atoms with E-state index in [4.69, 9.17) is 4.74 Å². The second-order valence-corrected chi connectivity index (χ2v) is 16.2. The van der Waals surface area contributed by atoms with Gasteiger partial charge in [0.2, 0.25) is 0 Å². The van der Waals surface area contributed by atoms with Crippen LogP contribution >= 0.6 is 0 Å². The maximum absolute atomic E-state index is 13.4. The minimum absolute atomic E-state index is 0.0557. The van der Waals surface area contributed by atoms with Crippen molar-refractivity contribution in [2.45, 2.75) is 39.0 Å². The fourth-order valence-electron chi connectivity index (χ4n) is 3.56. The van der Waals surface area contributed by atoms with Crippen LogP contribution in [0, 0.1) is 0 Å². The summed E-state index contributed by atoms with van der Waals surface area (Å²) in [6, 6.07) is 0.757. The summed E-state index contributed by atoms with van der Waals surface area (Å²) in [5.74, 6) is -0.00988. The Morgan fingerprint density at radius 2 is 1.88 bits per heavy atom. The zero-order chi connectivity index (χ0) is 23.4. The van der Waals surface area contributed by atoms with Crippen molar-refractivity contribution in [2.24, 2.45) is 0 Å². The van der Waals surface area contributed by atoms with Crippen LogP contribution in [0.25, 0.3) is 0 Å². The van der Waals surface area contributed by atoms with E-state index in [1.165, 1.54) is 25.2 Å². The molecule has 2 aliphatic rings. The van der Waals surface area contributed by atoms with Gasteiger partial charge in [-0.3, -0.25) is 0 Å². The number of allylic oxidation sites excluding steroid dienone is 4. The van der Waals surface area contributed by atoms with E-state index in [1.807, 2.05) is 0 Å². The molecular formula is C21H30F4IN4O2-. The number of hydrogen-bond donors (Lipinski definition) is 1. The minimum atomic E-state index is -4.65. The van der Waals surface area contributed by atoms with Gasteiger partial charge in [0.25, 0.3) is 0 Å². The first-order valence-corrected chi connectivity index (χ1v) is 16.1. The van der Waals surface area contributed by atoms with Gasteiger partial charge < -0.3 is 0 Å². The summed E-state index contributed by atoms with van der Waals surface area (Å²) in [6.07, 6.45) is 0.695. The molecule has 0 aliphatic carbocycles. The Kier molecular flexibility index (Phi) is 8.37. The number of anilines is 1. The van der Waals surface area contributed by atoms with Crippen molar-refractivity contribution in [1.29, 1.82) is 0 Å². The molecule has 3 heterocycles. The molecular weight excluding hydrogens is 543 g/mol. The van der Waals surface area contributed by atoms with Crippen LogP contribution in [0.15, 0.2) is 30.1 Å². The first-order chi connectivity index (χ1) is 15.0. The maximum atomic E-state index is 13.4. The molecule has 3 rings (SSSR count). The molecule has 0 spiro atoms. The van der Waals surface area contributed by atoms with E-state index in [-0.39, 0.29) is 17.6 Å². The summed E-state index contributed by atoms with van der Waals surface area (Å²) in [7, 11) is 0. The molecule has 1 aromatic rings. The van der Waals surface area contributed by atoms with Crippen LogP contribution in [0.2, 0.25) is 0 Å². The van der Waals surface area contributed by atoms with Crippen LogP contribution in [-0.2, 0) is 6.18 Å². The van der Waals surface area contributed by atoms with E-state index in [0.29, 0.717) is 21.9 Å². The van der Waals surface area contributed by atoms with Gasteiger partial charge in [0.1, 0.15) is 0 Å². The summed E-state index contributed by atoms with van der Waals surface area (Å²) in [4.78, 5) is 11.9. The second kappa shape index (κ2) is 10.6. The van der Waals surface area contributed by atoms with Crippen molar-refractivity contribution in [3.05, 3.63) is 35.7 Å². The van der Waals surface area contributed by atoms with Crippen LogP contribution in [0.1, 0.15) is 32.4 Å². The van der Waals surface area contributed by atoms with Gasteiger partial charge >= 0.3 is 179 Å². The number of likely N-dealkylation sites (tertiary alicyclic amines) is 1. The molecule has 32 heavy (non-hydrogen) atoms. The summed E-state index contributed by atoms with van der Waals surface area (Å²) < 4.78 is 71.7. The van der Waals surface area contributed by atoms with Crippen molar-refractivity contribution in [3.8, 4) is 5.88 Å². The third-order valence-corrected chi connectivity index (χ3v) is 12.5. The van der Waals surface area contributed by atoms with E-state index in [0.717, 1.165) is 36.5 Å². The van der Waals surface area contributed by atoms with Crippen molar-refractivity contribution < 1.29 is 44.6 Å². The van der Waals surface area contributed by atoms with Crippen LogP contribution in [-0.4, -0.2) is 64.1 Å². The first kappa shape index (κ1) is 25.2. The number of rotatable bonds is 7. The number of aromatic nitrogens is 2. The molecule has 6 nitrogen and oxygen atoms in total. The third-order valence-electron chi connectivity index (χ3n) is 5.24. The Morgan fingerprint density at radius 3 is 2.47 bits per heavy atom. The van der Waals surface area contributed by atoms with Gasteiger partial charge in [-0.05, 0) is 6.92 Å². The fraction of sp³-hybridized carbons (Fsp3) is 0.619. The van der Waals surface area contributed by atoms with Gasteiger partial charge in [-0.25, -0.2) is 4.39 Å². The number of alkyl halides is 7. The molecule has 1 unspecified atom stereocenters. The quantitative estimate of drug-likeness (QED) is 0.129. The Balaban J connectivity index is 1.73. The van der Waals surface area contributed by atoms with Crippen molar-refractivity contribution in [2.75, 3.05) is 44.5 Å². The molecule has 1 N–H and O–H groups in total. The molecule has 2 aliphatic heterocycles. The summed E-state index contributed by atoms with van der Waals surface area (Å²) >= 11 is -2.94. The molecule has 0 amide bonds. The van der Waals surface area contributed by atoms with Crippen LogP contribution in [0.5, 0.6) is 5.88 Å². The van der Waals surface area contributed by atoms with Crippen LogP contribution in [0.4, 0.5) is 23.5 Å². The first-order valence-electron chi connectivity index (χ1n) is 10.6. The van der Waals surface area contributed by atoms with E-state index in [9.17, 15) is 21.0 Å². The van der Waals surface area contributed by atoms with E-state index in [2.05, 4.69) is 14.9 Å².